The van der Waals surface area contributed by atoms with E-state index in [0.717, 1.165) is 75.5 Å². The Balaban J connectivity index is 4.28. The van der Waals surface area contributed by atoms with Crippen LogP contribution in [0.15, 0.2) is 0 Å². The van der Waals surface area contributed by atoms with E-state index < -0.39 is 6.10 Å². The summed E-state index contributed by atoms with van der Waals surface area (Å²) in [7, 11) is 0. The summed E-state index contributed by atoms with van der Waals surface area (Å²) in [5.41, 5.74) is 0. The van der Waals surface area contributed by atoms with Gasteiger partial charge in [0, 0.05) is 19.3 Å². The van der Waals surface area contributed by atoms with Gasteiger partial charge in [0.25, 0.3) is 0 Å². The molecule has 0 spiro atoms. The van der Waals surface area contributed by atoms with E-state index in [9.17, 15) is 14.4 Å². The van der Waals surface area contributed by atoms with Crippen molar-refractivity contribution < 1.29 is 28.6 Å². The first-order valence-electron chi connectivity index (χ1n) is 27.1. The van der Waals surface area contributed by atoms with Crippen LogP contribution in [0.4, 0.5) is 0 Å². The molecule has 0 aromatic heterocycles. The average molecular weight is 863 g/mol. The maximum atomic E-state index is 12.8. The van der Waals surface area contributed by atoms with Gasteiger partial charge in [-0.3, -0.25) is 14.4 Å². The Morgan fingerprint density at radius 3 is 0.852 bits per heavy atom. The molecule has 61 heavy (non-hydrogen) atoms. The lowest BCUT2D eigenvalue weighted by Crippen LogP contribution is -2.30. The van der Waals surface area contributed by atoms with Gasteiger partial charge in [-0.1, -0.05) is 260 Å². The Labute approximate surface area is 380 Å². The van der Waals surface area contributed by atoms with Crippen LogP contribution in [-0.4, -0.2) is 37.2 Å². The minimum atomic E-state index is -0.763. The van der Waals surface area contributed by atoms with E-state index in [1.54, 1.807) is 0 Å². The molecule has 0 amide bonds. The Morgan fingerprint density at radius 2 is 0.574 bits per heavy atom. The quantitative estimate of drug-likeness (QED) is 0.0344. The van der Waals surface area contributed by atoms with E-state index in [0.29, 0.717) is 19.3 Å². The molecule has 0 fully saturated rings. The molecule has 0 heterocycles. The first-order valence-corrected chi connectivity index (χ1v) is 27.1. The summed E-state index contributed by atoms with van der Waals surface area (Å²) >= 11 is 0. The number of rotatable bonds is 48. The normalized spacial score (nSPS) is 12.6. The molecule has 0 aromatic rings. The second-order valence-corrected chi connectivity index (χ2v) is 20.1. The van der Waals surface area contributed by atoms with Crippen molar-refractivity contribution in [3.8, 4) is 0 Å². The van der Waals surface area contributed by atoms with Gasteiger partial charge in [-0.15, -0.1) is 0 Å². The van der Waals surface area contributed by atoms with Crippen LogP contribution in [0.3, 0.4) is 0 Å². The summed E-state index contributed by atoms with van der Waals surface area (Å²) < 4.78 is 16.8. The van der Waals surface area contributed by atoms with Crippen LogP contribution in [0, 0.1) is 17.8 Å². The zero-order valence-corrected chi connectivity index (χ0v) is 42.0. The van der Waals surface area contributed by atoms with Crippen LogP contribution < -0.4 is 0 Å². The van der Waals surface area contributed by atoms with Crippen molar-refractivity contribution in [2.45, 2.75) is 304 Å². The van der Waals surface area contributed by atoms with Gasteiger partial charge < -0.3 is 14.2 Å². The predicted molar refractivity (Wildman–Crippen MR) is 261 cm³/mol. The van der Waals surface area contributed by atoms with Crippen LogP contribution in [0.25, 0.3) is 0 Å². The third-order valence-electron chi connectivity index (χ3n) is 12.8. The van der Waals surface area contributed by atoms with Crippen molar-refractivity contribution in [3.63, 3.8) is 0 Å². The zero-order valence-electron chi connectivity index (χ0n) is 42.0. The first-order chi connectivity index (χ1) is 29.6. The fourth-order valence-corrected chi connectivity index (χ4v) is 8.26. The van der Waals surface area contributed by atoms with Crippen molar-refractivity contribution in [1.29, 1.82) is 0 Å². The average Bonchev–Trinajstić information content (AvgIpc) is 3.23. The summed E-state index contributed by atoms with van der Waals surface area (Å²) in [6, 6.07) is 0. The molecular weight excluding hydrogens is 757 g/mol. The smallest absolute Gasteiger partial charge is 0.306 e. The second kappa shape index (κ2) is 46.4. The van der Waals surface area contributed by atoms with E-state index in [1.165, 1.54) is 180 Å². The maximum Gasteiger partial charge on any atom is 0.306 e. The third kappa shape index (κ3) is 47.7. The van der Waals surface area contributed by atoms with E-state index in [1.807, 2.05) is 0 Å². The summed E-state index contributed by atoms with van der Waals surface area (Å²) in [5, 5.41) is 0. The van der Waals surface area contributed by atoms with Crippen LogP contribution in [-0.2, 0) is 28.6 Å². The molecule has 0 aliphatic rings. The molecule has 362 valence electrons. The summed E-state index contributed by atoms with van der Waals surface area (Å²) in [4.78, 5) is 38.0. The standard InChI is InChI=1S/C55H106O6/c1-7-51(6)43-37-31-27-28-33-39-45-54(57)60-48-52(47-59-53(56)44-38-32-25-21-17-14-10-12-16-20-24-30-36-42-50(4)5)61-55(58)46-40-34-26-22-18-13-9-8-11-15-19-23-29-35-41-49(2)3/h49-52H,7-48H2,1-6H3/t51?,52-/m1/s1. The van der Waals surface area contributed by atoms with E-state index in [2.05, 4.69) is 41.5 Å². The number of carbonyl (C=O) groups excluding carboxylic acids is 3. The topological polar surface area (TPSA) is 78.9 Å². The Kier molecular flexibility index (Phi) is 45.2. The number of esters is 3. The number of ether oxygens (including phenoxy) is 3. The molecule has 1 unspecified atom stereocenters. The number of unbranched alkanes of at least 4 members (excludes halogenated alkanes) is 30. The van der Waals surface area contributed by atoms with Gasteiger partial charge >= 0.3 is 17.9 Å². The van der Waals surface area contributed by atoms with E-state index in [4.69, 9.17) is 14.2 Å². The number of carbonyl (C=O) groups is 3. The van der Waals surface area contributed by atoms with Crippen molar-refractivity contribution in [1.82, 2.24) is 0 Å². The lowest BCUT2D eigenvalue weighted by molar-refractivity contribution is -0.167. The molecule has 0 saturated heterocycles. The van der Waals surface area contributed by atoms with Crippen LogP contribution in [0.1, 0.15) is 298 Å². The Bertz CT molecular complexity index is 947. The molecule has 0 saturated carbocycles. The largest absolute Gasteiger partial charge is 0.462 e. The molecule has 0 N–H and O–H groups in total. The number of hydrogen-bond acceptors (Lipinski definition) is 6. The van der Waals surface area contributed by atoms with Gasteiger partial charge in [0.1, 0.15) is 13.2 Å². The molecule has 2 atom stereocenters. The van der Waals surface area contributed by atoms with E-state index >= 15 is 0 Å². The molecule has 0 rings (SSSR count). The first kappa shape index (κ1) is 59.4. The molecular formula is C55H106O6. The Morgan fingerprint density at radius 1 is 0.328 bits per heavy atom. The van der Waals surface area contributed by atoms with Crippen molar-refractivity contribution in [2.75, 3.05) is 13.2 Å². The SMILES string of the molecule is CCC(C)CCCCCCCCC(=O)OC[C@@H](COC(=O)CCCCCCCCCCCCCCCC(C)C)OC(=O)CCCCCCCCCCCCCCCCC(C)C. The molecule has 0 aliphatic heterocycles. The fourth-order valence-electron chi connectivity index (χ4n) is 8.26. The molecule has 0 bridgehead atoms. The van der Waals surface area contributed by atoms with Gasteiger partial charge in [0.15, 0.2) is 6.10 Å². The predicted octanol–water partition coefficient (Wildman–Crippen LogP) is 17.6. The van der Waals surface area contributed by atoms with E-state index in [-0.39, 0.29) is 31.1 Å². The molecule has 6 heteroatoms. The highest BCUT2D eigenvalue weighted by Crippen LogP contribution is 2.18. The van der Waals surface area contributed by atoms with Crippen molar-refractivity contribution in [2.24, 2.45) is 17.8 Å². The summed E-state index contributed by atoms with van der Waals surface area (Å²) in [6.45, 7) is 13.7. The molecule has 6 nitrogen and oxygen atoms in total. The molecule has 0 radical (unpaired) electrons. The highest BCUT2D eigenvalue weighted by molar-refractivity contribution is 5.71. The maximum absolute atomic E-state index is 12.8. The third-order valence-corrected chi connectivity index (χ3v) is 12.8. The minimum absolute atomic E-state index is 0.0647. The Hall–Kier alpha value is -1.59. The van der Waals surface area contributed by atoms with Crippen LogP contribution >= 0.6 is 0 Å². The van der Waals surface area contributed by atoms with Gasteiger partial charge in [0.05, 0.1) is 0 Å². The second-order valence-electron chi connectivity index (χ2n) is 20.1. The fraction of sp³-hybridized carbons (Fsp3) is 0.945. The molecule has 0 aliphatic carbocycles. The summed E-state index contributed by atoms with van der Waals surface area (Å²) in [5.74, 6) is 1.65. The lowest BCUT2D eigenvalue weighted by Gasteiger charge is -2.18. The van der Waals surface area contributed by atoms with Crippen molar-refractivity contribution >= 4 is 17.9 Å². The van der Waals surface area contributed by atoms with Gasteiger partial charge in [0.2, 0.25) is 0 Å². The highest BCUT2D eigenvalue weighted by atomic mass is 16.6. The van der Waals surface area contributed by atoms with Gasteiger partial charge in [-0.25, -0.2) is 0 Å². The highest BCUT2D eigenvalue weighted by Gasteiger charge is 2.19. The van der Waals surface area contributed by atoms with Gasteiger partial charge in [-0.2, -0.15) is 0 Å². The number of hydrogen-bond donors (Lipinski definition) is 0. The van der Waals surface area contributed by atoms with Gasteiger partial charge in [-0.05, 0) is 37.0 Å². The molecule has 0 aromatic carbocycles. The van der Waals surface area contributed by atoms with Crippen molar-refractivity contribution in [3.05, 3.63) is 0 Å². The monoisotopic (exact) mass is 863 g/mol. The minimum Gasteiger partial charge on any atom is -0.462 e. The van der Waals surface area contributed by atoms with Crippen LogP contribution in [0.2, 0.25) is 0 Å². The zero-order chi connectivity index (χ0) is 44.9. The lowest BCUT2D eigenvalue weighted by atomic mass is 10.00. The summed E-state index contributed by atoms with van der Waals surface area (Å²) in [6.07, 6.45) is 46.6. The van der Waals surface area contributed by atoms with Crippen LogP contribution in [0.5, 0.6) is 0 Å².